The van der Waals surface area contributed by atoms with Crippen LogP contribution in [0.5, 0.6) is 0 Å². The van der Waals surface area contributed by atoms with Crippen LogP contribution < -0.4 is 11.1 Å². The van der Waals surface area contributed by atoms with E-state index in [-0.39, 0.29) is 5.91 Å². The fraction of sp³-hybridized carbons (Fsp3) is 0.471. The molecule has 0 aliphatic carbocycles. The number of benzene rings is 1. The van der Waals surface area contributed by atoms with Gasteiger partial charge in [0.15, 0.2) is 0 Å². The molecule has 20 heavy (non-hydrogen) atoms. The lowest BCUT2D eigenvalue weighted by Crippen LogP contribution is -2.13. The van der Waals surface area contributed by atoms with E-state index >= 15 is 0 Å². The summed E-state index contributed by atoms with van der Waals surface area (Å²) in [6.07, 6.45) is 2.33. The van der Waals surface area contributed by atoms with Crippen molar-refractivity contribution >= 4 is 11.6 Å². The van der Waals surface area contributed by atoms with Crippen LogP contribution in [0.2, 0.25) is 0 Å². The zero-order valence-electron chi connectivity index (χ0n) is 12.6. The van der Waals surface area contributed by atoms with Gasteiger partial charge in [0, 0.05) is 17.7 Å². The van der Waals surface area contributed by atoms with Crippen molar-refractivity contribution in [3.63, 3.8) is 0 Å². The van der Waals surface area contributed by atoms with Crippen LogP contribution in [0.15, 0.2) is 18.2 Å². The minimum absolute atomic E-state index is 0.0780. The second kappa shape index (κ2) is 8.39. The number of nitrogens with one attached hydrogen (secondary N) is 1. The fourth-order valence-corrected chi connectivity index (χ4v) is 1.87. The third-order valence-electron chi connectivity index (χ3n) is 3.04. The Morgan fingerprint density at radius 3 is 2.75 bits per heavy atom. The lowest BCUT2D eigenvalue weighted by molar-refractivity contribution is -0.116. The maximum Gasteiger partial charge on any atom is 0.224 e. The van der Waals surface area contributed by atoms with E-state index in [2.05, 4.69) is 37.9 Å². The minimum atomic E-state index is 0.0780. The van der Waals surface area contributed by atoms with Crippen molar-refractivity contribution in [3.05, 3.63) is 29.3 Å². The van der Waals surface area contributed by atoms with Crippen molar-refractivity contribution in [1.29, 1.82) is 0 Å². The molecule has 0 heterocycles. The van der Waals surface area contributed by atoms with Crippen molar-refractivity contribution in [1.82, 2.24) is 0 Å². The molecule has 3 heteroatoms. The van der Waals surface area contributed by atoms with Gasteiger partial charge in [0.2, 0.25) is 5.91 Å². The maximum atomic E-state index is 11.9. The molecule has 1 aromatic carbocycles. The number of aryl methyl sites for hydroxylation is 1. The molecule has 108 valence electrons. The summed E-state index contributed by atoms with van der Waals surface area (Å²) in [6.45, 7) is 6.67. The highest BCUT2D eigenvalue weighted by Crippen LogP contribution is 2.18. The average molecular weight is 272 g/mol. The summed E-state index contributed by atoms with van der Waals surface area (Å²) in [5, 5.41) is 2.99. The number of amides is 1. The molecule has 0 fully saturated rings. The van der Waals surface area contributed by atoms with Crippen LogP contribution in [0.4, 0.5) is 5.69 Å². The van der Waals surface area contributed by atoms with Gasteiger partial charge in [-0.05, 0) is 42.5 Å². The van der Waals surface area contributed by atoms with Gasteiger partial charge >= 0.3 is 0 Å². The molecule has 1 aromatic rings. The van der Waals surface area contributed by atoms with E-state index in [1.54, 1.807) is 0 Å². The first kappa shape index (κ1) is 16.3. The first-order valence-corrected chi connectivity index (χ1v) is 7.18. The Morgan fingerprint density at radius 1 is 1.40 bits per heavy atom. The Hall–Kier alpha value is -1.79. The maximum absolute atomic E-state index is 11.9. The van der Waals surface area contributed by atoms with Crippen LogP contribution in [0.25, 0.3) is 0 Å². The van der Waals surface area contributed by atoms with Gasteiger partial charge in [0.05, 0.1) is 6.54 Å². The van der Waals surface area contributed by atoms with Gasteiger partial charge in [-0.25, -0.2) is 0 Å². The summed E-state index contributed by atoms with van der Waals surface area (Å²) < 4.78 is 0. The number of anilines is 1. The van der Waals surface area contributed by atoms with E-state index in [0.29, 0.717) is 18.9 Å². The molecular weight excluding hydrogens is 248 g/mol. The average Bonchev–Trinajstić information content (AvgIpc) is 2.44. The number of hydrogen-bond acceptors (Lipinski definition) is 2. The summed E-state index contributed by atoms with van der Waals surface area (Å²) >= 11 is 0. The summed E-state index contributed by atoms with van der Waals surface area (Å²) in [5.74, 6) is 6.47. The van der Waals surface area contributed by atoms with Crippen LogP contribution in [0.1, 0.15) is 44.7 Å². The predicted molar refractivity (Wildman–Crippen MR) is 84.5 cm³/mol. The van der Waals surface area contributed by atoms with E-state index in [9.17, 15) is 4.79 Å². The van der Waals surface area contributed by atoms with Crippen LogP contribution in [0.3, 0.4) is 0 Å². The molecule has 0 spiro atoms. The molecule has 0 aromatic heterocycles. The molecule has 0 saturated heterocycles. The van der Waals surface area contributed by atoms with Gasteiger partial charge in [-0.1, -0.05) is 32.6 Å². The number of rotatable bonds is 5. The van der Waals surface area contributed by atoms with E-state index in [1.165, 1.54) is 0 Å². The third kappa shape index (κ3) is 5.46. The van der Waals surface area contributed by atoms with Crippen LogP contribution >= 0.6 is 0 Å². The largest absolute Gasteiger partial charge is 0.326 e. The molecule has 3 nitrogen and oxygen atoms in total. The molecule has 0 aliphatic heterocycles. The molecule has 0 unspecified atom stereocenters. The molecule has 0 radical (unpaired) electrons. The van der Waals surface area contributed by atoms with Crippen molar-refractivity contribution in [3.8, 4) is 11.8 Å². The zero-order valence-corrected chi connectivity index (χ0v) is 12.6. The smallest absolute Gasteiger partial charge is 0.224 e. The Morgan fingerprint density at radius 2 is 2.15 bits per heavy atom. The first-order valence-electron chi connectivity index (χ1n) is 7.18. The van der Waals surface area contributed by atoms with Gasteiger partial charge in [-0.3, -0.25) is 4.79 Å². The minimum Gasteiger partial charge on any atom is -0.326 e. The number of carbonyl (C=O) groups is 1. The summed E-state index contributed by atoms with van der Waals surface area (Å²) in [6, 6.07) is 5.85. The SMILES string of the molecule is CCc1cc(C#CCN)ccc1NC(=O)CCC(C)C. The van der Waals surface area contributed by atoms with Gasteiger partial charge in [0.25, 0.3) is 0 Å². The number of nitrogens with two attached hydrogens (primary N) is 1. The molecule has 1 amide bonds. The Kier molecular flexibility index (Phi) is 6.83. The van der Waals surface area contributed by atoms with Gasteiger partial charge < -0.3 is 11.1 Å². The van der Waals surface area contributed by atoms with Gasteiger partial charge in [-0.15, -0.1) is 0 Å². The monoisotopic (exact) mass is 272 g/mol. The molecule has 0 saturated carbocycles. The van der Waals surface area contributed by atoms with Gasteiger partial charge in [-0.2, -0.15) is 0 Å². The molecule has 1 rings (SSSR count). The number of carbonyl (C=O) groups excluding carboxylic acids is 1. The predicted octanol–water partition coefficient (Wildman–Crippen LogP) is 2.93. The molecule has 0 aliphatic rings. The van der Waals surface area contributed by atoms with Crippen molar-refractivity contribution in [2.45, 2.75) is 40.0 Å². The van der Waals surface area contributed by atoms with Gasteiger partial charge in [0.1, 0.15) is 0 Å². The second-order valence-corrected chi connectivity index (χ2v) is 5.21. The third-order valence-corrected chi connectivity index (χ3v) is 3.04. The number of hydrogen-bond donors (Lipinski definition) is 2. The Balaban J connectivity index is 2.77. The first-order chi connectivity index (χ1) is 9.56. The van der Waals surface area contributed by atoms with Crippen molar-refractivity contribution in [2.24, 2.45) is 11.7 Å². The zero-order chi connectivity index (χ0) is 15.0. The quantitative estimate of drug-likeness (QED) is 0.810. The standard InChI is InChI=1S/C17H24N2O/c1-4-15-12-14(6-5-11-18)8-9-16(15)19-17(20)10-7-13(2)3/h8-9,12-13H,4,7,10-11,18H2,1-3H3,(H,19,20). The Bertz CT molecular complexity index is 509. The van der Waals surface area contributed by atoms with E-state index in [1.807, 2.05) is 18.2 Å². The van der Waals surface area contributed by atoms with Crippen molar-refractivity contribution < 1.29 is 4.79 Å². The Labute approximate surface area is 121 Å². The topological polar surface area (TPSA) is 55.1 Å². The molecule has 0 atom stereocenters. The van der Waals surface area contributed by atoms with Crippen LogP contribution in [0, 0.1) is 17.8 Å². The van der Waals surface area contributed by atoms with Crippen LogP contribution in [-0.4, -0.2) is 12.5 Å². The molecule has 0 bridgehead atoms. The second-order valence-electron chi connectivity index (χ2n) is 5.21. The molecular formula is C17H24N2O. The lowest BCUT2D eigenvalue weighted by Gasteiger charge is -2.11. The summed E-state index contributed by atoms with van der Waals surface area (Å²) in [5.41, 5.74) is 8.30. The molecule has 3 N–H and O–H groups in total. The highest BCUT2D eigenvalue weighted by molar-refractivity contribution is 5.91. The lowest BCUT2D eigenvalue weighted by atomic mass is 10.1. The van der Waals surface area contributed by atoms with E-state index in [4.69, 9.17) is 5.73 Å². The van der Waals surface area contributed by atoms with E-state index < -0.39 is 0 Å². The fourth-order valence-electron chi connectivity index (χ4n) is 1.87. The normalized spacial score (nSPS) is 10.1. The van der Waals surface area contributed by atoms with Crippen molar-refractivity contribution in [2.75, 3.05) is 11.9 Å². The highest BCUT2D eigenvalue weighted by atomic mass is 16.1. The van der Waals surface area contributed by atoms with Crippen LogP contribution in [-0.2, 0) is 11.2 Å². The summed E-state index contributed by atoms with van der Waals surface area (Å²) in [4.78, 5) is 11.9. The van der Waals surface area contributed by atoms with E-state index in [0.717, 1.165) is 29.7 Å². The highest BCUT2D eigenvalue weighted by Gasteiger charge is 2.07. The summed E-state index contributed by atoms with van der Waals surface area (Å²) in [7, 11) is 0.